The van der Waals surface area contributed by atoms with Gasteiger partial charge in [-0.2, -0.15) is 0 Å². The molecule has 6 heteroatoms. The highest BCUT2D eigenvalue weighted by Gasteiger charge is 2.09. The first kappa shape index (κ1) is 14.0. The molecule has 0 atom stereocenters. The molecular weight excluding hydrogens is 307 g/mol. The molecule has 0 saturated carbocycles. The van der Waals surface area contributed by atoms with E-state index < -0.39 is 11.9 Å². The second kappa shape index (κ2) is 6.61. The average Bonchev–Trinajstić information content (AvgIpc) is 2.25. The highest BCUT2D eigenvalue weighted by Crippen LogP contribution is 2.23. The minimum atomic E-state index is -0.554. The van der Waals surface area contributed by atoms with Crippen molar-refractivity contribution in [3.63, 3.8) is 0 Å². The number of halogens is 2. The summed E-state index contributed by atoms with van der Waals surface area (Å²) in [6.45, 7) is 1.86. The Morgan fingerprint density at radius 3 is 2.76 bits per heavy atom. The van der Waals surface area contributed by atoms with Crippen molar-refractivity contribution in [1.29, 1.82) is 0 Å². The molecule has 0 aliphatic carbocycles. The fourth-order valence-corrected chi connectivity index (χ4v) is 1.71. The van der Waals surface area contributed by atoms with E-state index in [1.165, 1.54) is 0 Å². The molecule has 1 aromatic rings. The number of imide groups is 1. The number of nitrogens with one attached hydrogen (secondary N) is 2. The predicted octanol–water partition coefficient (Wildman–Crippen LogP) is 3.03. The fraction of sp³-hybridized carbons (Fsp3) is 0.273. The first-order valence-corrected chi connectivity index (χ1v) is 6.29. The van der Waals surface area contributed by atoms with E-state index in [-0.39, 0.29) is 12.3 Å². The summed E-state index contributed by atoms with van der Waals surface area (Å²) in [6.07, 6.45) is 0.118. The summed E-state index contributed by atoms with van der Waals surface area (Å²) in [7, 11) is 0. The molecule has 0 aliphatic heterocycles. The molecule has 0 spiro atoms. The maximum atomic E-state index is 11.5. The number of urea groups is 1. The molecule has 17 heavy (non-hydrogen) atoms. The lowest BCUT2D eigenvalue weighted by Gasteiger charge is -2.09. The topological polar surface area (TPSA) is 58.2 Å². The van der Waals surface area contributed by atoms with Crippen LogP contribution in [0.2, 0.25) is 0 Å². The molecule has 0 aromatic heterocycles. The molecule has 0 saturated heterocycles. The fourth-order valence-electron chi connectivity index (χ4n) is 1.17. The van der Waals surface area contributed by atoms with E-state index in [0.29, 0.717) is 5.69 Å². The highest BCUT2D eigenvalue weighted by molar-refractivity contribution is 9.10. The third-order valence-electron chi connectivity index (χ3n) is 2.09. The van der Waals surface area contributed by atoms with E-state index in [9.17, 15) is 9.59 Å². The SMILES string of the molecule is Cc1c(Br)cccc1NC(=O)NC(=O)CCCl. The van der Waals surface area contributed by atoms with Crippen LogP contribution < -0.4 is 10.6 Å². The number of benzene rings is 1. The van der Waals surface area contributed by atoms with Gasteiger partial charge in [0.05, 0.1) is 0 Å². The van der Waals surface area contributed by atoms with Gasteiger partial charge in [0.2, 0.25) is 5.91 Å². The first-order chi connectivity index (χ1) is 8.04. The lowest BCUT2D eigenvalue weighted by molar-refractivity contribution is -0.119. The number of anilines is 1. The smallest absolute Gasteiger partial charge is 0.307 e. The lowest BCUT2D eigenvalue weighted by Crippen LogP contribution is -2.34. The molecule has 92 valence electrons. The zero-order valence-corrected chi connectivity index (χ0v) is 11.6. The Balaban J connectivity index is 2.62. The second-order valence-corrected chi connectivity index (χ2v) is 4.59. The summed E-state index contributed by atoms with van der Waals surface area (Å²) in [6, 6.07) is 4.87. The van der Waals surface area contributed by atoms with Gasteiger partial charge in [-0.05, 0) is 24.6 Å². The first-order valence-electron chi connectivity index (χ1n) is 4.96. The van der Waals surface area contributed by atoms with Gasteiger partial charge in [-0.25, -0.2) is 4.79 Å². The molecule has 0 aliphatic rings. The average molecular weight is 320 g/mol. The number of carbonyl (C=O) groups excluding carboxylic acids is 2. The number of amides is 3. The standard InChI is InChI=1S/C11H12BrClN2O2/c1-7-8(12)3-2-4-9(7)14-11(17)15-10(16)5-6-13/h2-4H,5-6H2,1H3,(H2,14,15,16,17). The number of rotatable bonds is 3. The zero-order valence-electron chi connectivity index (χ0n) is 9.22. The number of alkyl halides is 1. The minimum absolute atomic E-state index is 0.118. The maximum Gasteiger partial charge on any atom is 0.325 e. The van der Waals surface area contributed by atoms with Gasteiger partial charge in [0, 0.05) is 22.5 Å². The zero-order chi connectivity index (χ0) is 12.8. The summed E-state index contributed by atoms with van der Waals surface area (Å²) >= 11 is 8.74. The Morgan fingerprint density at radius 2 is 2.12 bits per heavy atom. The Kier molecular flexibility index (Phi) is 5.44. The summed E-state index contributed by atoms with van der Waals surface area (Å²) in [5, 5.41) is 4.78. The van der Waals surface area contributed by atoms with Crippen LogP contribution in [0, 0.1) is 6.92 Å². The largest absolute Gasteiger partial charge is 0.325 e. The van der Waals surface area contributed by atoms with Gasteiger partial charge in [0.25, 0.3) is 0 Å². The van der Waals surface area contributed by atoms with Crippen molar-refractivity contribution < 1.29 is 9.59 Å². The molecule has 2 N–H and O–H groups in total. The third kappa shape index (κ3) is 4.36. The van der Waals surface area contributed by atoms with E-state index in [0.717, 1.165) is 10.0 Å². The van der Waals surface area contributed by atoms with Gasteiger partial charge >= 0.3 is 6.03 Å². The molecule has 1 rings (SSSR count). The van der Waals surface area contributed by atoms with E-state index in [4.69, 9.17) is 11.6 Å². The molecule has 0 unspecified atom stereocenters. The molecule has 3 amide bonds. The van der Waals surface area contributed by atoms with Crippen LogP contribution in [0.1, 0.15) is 12.0 Å². The third-order valence-corrected chi connectivity index (χ3v) is 3.14. The molecule has 0 fully saturated rings. The quantitative estimate of drug-likeness (QED) is 0.841. The molecule has 0 bridgehead atoms. The van der Waals surface area contributed by atoms with Crippen LogP contribution in [-0.2, 0) is 4.79 Å². The van der Waals surface area contributed by atoms with Crippen molar-refractivity contribution in [2.75, 3.05) is 11.2 Å². The van der Waals surface area contributed by atoms with Crippen molar-refractivity contribution in [3.05, 3.63) is 28.2 Å². The van der Waals surface area contributed by atoms with Crippen molar-refractivity contribution >= 4 is 45.2 Å². The van der Waals surface area contributed by atoms with E-state index >= 15 is 0 Å². The van der Waals surface area contributed by atoms with Gasteiger partial charge in [-0.1, -0.05) is 22.0 Å². The monoisotopic (exact) mass is 318 g/mol. The van der Waals surface area contributed by atoms with Crippen LogP contribution in [0.3, 0.4) is 0 Å². The minimum Gasteiger partial charge on any atom is -0.307 e. The van der Waals surface area contributed by atoms with Crippen molar-refractivity contribution in [1.82, 2.24) is 5.32 Å². The van der Waals surface area contributed by atoms with Crippen molar-refractivity contribution in [2.45, 2.75) is 13.3 Å². The van der Waals surface area contributed by atoms with Crippen LogP contribution in [-0.4, -0.2) is 17.8 Å². The molecule has 1 aromatic carbocycles. The predicted molar refractivity (Wildman–Crippen MR) is 71.4 cm³/mol. The van der Waals surface area contributed by atoms with E-state index in [2.05, 4.69) is 26.6 Å². The Morgan fingerprint density at radius 1 is 1.41 bits per heavy atom. The Labute approximate surface area is 113 Å². The molecular formula is C11H12BrClN2O2. The van der Waals surface area contributed by atoms with Crippen LogP contribution in [0.4, 0.5) is 10.5 Å². The molecule has 4 nitrogen and oxygen atoms in total. The van der Waals surface area contributed by atoms with E-state index in [1.807, 2.05) is 13.0 Å². The van der Waals surface area contributed by atoms with Gasteiger partial charge in [0.1, 0.15) is 0 Å². The summed E-state index contributed by atoms with van der Waals surface area (Å²) in [4.78, 5) is 22.6. The van der Waals surface area contributed by atoms with Gasteiger partial charge in [0.15, 0.2) is 0 Å². The van der Waals surface area contributed by atoms with Crippen LogP contribution in [0.5, 0.6) is 0 Å². The van der Waals surface area contributed by atoms with Crippen molar-refractivity contribution in [2.24, 2.45) is 0 Å². The van der Waals surface area contributed by atoms with Crippen LogP contribution in [0.15, 0.2) is 22.7 Å². The number of hydrogen-bond acceptors (Lipinski definition) is 2. The van der Waals surface area contributed by atoms with E-state index in [1.54, 1.807) is 12.1 Å². The summed E-state index contributed by atoms with van der Waals surface area (Å²) in [5.74, 6) is -0.208. The maximum absolute atomic E-state index is 11.5. The number of carbonyl (C=O) groups is 2. The summed E-state index contributed by atoms with van der Waals surface area (Å²) in [5.41, 5.74) is 1.54. The highest BCUT2D eigenvalue weighted by atomic mass is 79.9. The second-order valence-electron chi connectivity index (χ2n) is 3.35. The lowest BCUT2D eigenvalue weighted by atomic mass is 10.2. The molecule has 0 radical (unpaired) electrons. The Hall–Kier alpha value is -1.07. The van der Waals surface area contributed by atoms with Gasteiger partial charge < -0.3 is 5.32 Å². The van der Waals surface area contributed by atoms with Crippen molar-refractivity contribution in [3.8, 4) is 0 Å². The normalized spacial score (nSPS) is 9.82. The number of hydrogen-bond donors (Lipinski definition) is 2. The Bertz CT molecular complexity index is 437. The summed E-state index contributed by atoms with van der Waals surface area (Å²) < 4.78 is 0.891. The van der Waals surface area contributed by atoms with Gasteiger partial charge in [-0.15, -0.1) is 11.6 Å². The van der Waals surface area contributed by atoms with Crippen LogP contribution >= 0.6 is 27.5 Å². The molecule has 0 heterocycles. The van der Waals surface area contributed by atoms with Gasteiger partial charge in [-0.3, -0.25) is 10.1 Å². The van der Waals surface area contributed by atoms with Crippen LogP contribution in [0.25, 0.3) is 0 Å².